The Hall–Kier alpha value is -5.77. The highest BCUT2D eigenvalue weighted by molar-refractivity contribution is 7.92. The van der Waals surface area contributed by atoms with E-state index < -0.39 is 21.6 Å². The number of nitrogens with zero attached hydrogens (tertiary/aromatic N) is 6. The number of hydrogen-bond donors (Lipinski definition) is 5. The minimum absolute atomic E-state index is 0.0973. The summed E-state index contributed by atoms with van der Waals surface area (Å²) in [6, 6.07) is 26.6. The van der Waals surface area contributed by atoms with Gasteiger partial charge in [-0.3, -0.25) is 9.80 Å². The molecule has 15 nitrogen and oxygen atoms in total. The van der Waals surface area contributed by atoms with Crippen LogP contribution in [-0.4, -0.2) is 132 Å². The Morgan fingerprint density at radius 2 is 1.44 bits per heavy atom. The second-order valence-electron chi connectivity index (χ2n) is 30.0. The molecule has 7 unspecified atom stereocenters. The van der Waals surface area contributed by atoms with Gasteiger partial charge in [-0.25, -0.2) is 18.4 Å². The first kappa shape index (κ1) is 76.4. The lowest BCUT2D eigenvalue weighted by Crippen LogP contribution is -2.47. The molecule has 11 rings (SSSR count). The number of rotatable bonds is 25. The molecule has 6 aromatic rings. The number of aliphatic hydroxyl groups excluding tert-OH is 1. The summed E-state index contributed by atoms with van der Waals surface area (Å²) in [5.41, 5.74) is 2.64. The van der Waals surface area contributed by atoms with Crippen molar-refractivity contribution in [2.24, 2.45) is 29.1 Å². The number of unbranched alkanes of at least 4 members (excludes halogenated alkanes) is 7. The molecule has 20 heteroatoms. The van der Waals surface area contributed by atoms with Gasteiger partial charge in [-0.1, -0.05) is 151 Å². The van der Waals surface area contributed by atoms with E-state index in [9.17, 15) is 36.9 Å². The Morgan fingerprint density at radius 3 is 2.09 bits per heavy atom. The SMILES string of the molecule is CC(C)CCCCCCCCCCC1Cc2cc(O)ccc2C2CCC3(C)C(O)CCC3C12.COc1cc2nc(N3CCCN(C(C)C)CC3)nc(NC3CCN(Cc4ccccc4)CC3)c2cc1OC.Cc1nc(NC(C)C)sc1S(=O)(=O)Cc1ccc(C(C)(O)C(F)(F)F)cc1. The molecule has 0 bridgehead atoms. The van der Waals surface area contributed by atoms with Gasteiger partial charge in [-0.05, 0) is 180 Å². The van der Waals surface area contributed by atoms with Crippen molar-refractivity contribution < 1.29 is 46.4 Å². The number of methoxy groups -OCH3 is 2. The summed E-state index contributed by atoms with van der Waals surface area (Å²) in [7, 11) is -0.361. The van der Waals surface area contributed by atoms with Crippen molar-refractivity contribution >= 4 is 49.0 Å². The molecule has 0 radical (unpaired) electrons. The minimum Gasteiger partial charge on any atom is -0.508 e. The van der Waals surface area contributed by atoms with E-state index in [0.717, 1.165) is 148 Å². The van der Waals surface area contributed by atoms with Crippen molar-refractivity contribution in [1.82, 2.24) is 24.8 Å². The fourth-order valence-corrected chi connectivity index (χ4v) is 19.0. The Balaban J connectivity index is 0.000000175. The van der Waals surface area contributed by atoms with Gasteiger partial charge in [-0.15, -0.1) is 0 Å². The van der Waals surface area contributed by atoms with Gasteiger partial charge < -0.3 is 40.3 Å². The number of phenolic OH excluding ortho intramolecular Hbond substituents is 1. The largest absolute Gasteiger partial charge is 0.508 e. The second-order valence-corrected chi connectivity index (χ2v) is 33.2. The number of aromatic hydroxyl groups is 1. The predicted octanol–water partition coefficient (Wildman–Crippen LogP) is 17.1. The minimum atomic E-state index is -4.83. The average molecular weight is 1400 g/mol. The van der Waals surface area contributed by atoms with Crippen LogP contribution in [0.5, 0.6) is 17.2 Å². The third-order valence-electron chi connectivity index (χ3n) is 21.7. The van der Waals surface area contributed by atoms with Gasteiger partial charge in [0.25, 0.3) is 0 Å². The Labute approximate surface area is 587 Å². The maximum atomic E-state index is 12.9. The van der Waals surface area contributed by atoms with Crippen LogP contribution < -0.4 is 25.0 Å². The summed E-state index contributed by atoms with van der Waals surface area (Å²) < 4.78 is 75.4. The molecule has 5 aliphatic rings. The zero-order valence-corrected chi connectivity index (χ0v) is 61.9. The van der Waals surface area contributed by atoms with E-state index in [-0.39, 0.29) is 33.1 Å². The van der Waals surface area contributed by atoms with E-state index >= 15 is 0 Å². The predicted molar refractivity (Wildman–Crippen MR) is 392 cm³/mol. The van der Waals surface area contributed by atoms with Crippen molar-refractivity contribution in [3.8, 4) is 17.2 Å². The highest BCUT2D eigenvalue weighted by atomic mass is 32.2. The first-order chi connectivity index (χ1) is 46.7. The van der Waals surface area contributed by atoms with Crippen LogP contribution in [0.2, 0.25) is 0 Å². The lowest BCUT2D eigenvalue weighted by atomic mass is 9.52. The van der Waals surface area contributed by atoms with E-state index in [1.165, 1.54) is 106 Å². The molecule has 5 N–H and O–H groups in total. The number of ether oxygens (including phenoxy) is 2. The number of aromatic nitrogens is 3. The van der Waals surface area contributed by atoms with Gasteiger partial charge in [0.1, 0.15) is 15.8 Å². The normalized spacial score (nSPS) is 22.3. The fourth-order valence-electron chi connectivity index (χ4n) is 16.0. The summed E-state index contributed by atoms with van der Waals surface area (Å²) in [4.78, 5) is 21.8. The number of aryl methyl sites for hydroxylation is 1. The van der Waals surface area contributed by atoms with Crippen LogP contribution in [-0.2, 0) is 34.2 Å². The van der Waals surface area contributed by atoms with Crippen molar-refractivity contribution in [3.63, 3.8) is 0 Å². The Kier molecular flexibility index (Phi) is 26.7. The molecule has 4 fully saturated rings. The molecule has 4 heterocycles. The zero-order valence-electron chi connectivity index (χ0n) is 60.3. The number of anilines is 3. The number of benzene rings is 4. The first-order valence-corrected chi connectivity index (χ1v) is 38.9. The lowest BCUT2D eigenvalue weighted by Gasteiger charge is -2.53. The molecule has 98 heavy (non-hydrogen) atoms. The van der Waals surface area contributed by atoms with Crippen LogP contribution in [0, 0.1) is 36.0 Å². The quantitative estimate of drug-likeness (QED) is 0.0341. The van der Waals surface area contributed by atoms with Crippen LogP contribution in [0.15, 0.2) is 89.1 Å². The van der Waals surface area contributed by atoms with E-state index in [4.69, 9.17) is 19.4 Å². The average Bonchev–Trinajstić information content (AvgIpc) is 1.49. The van der Waals surface area contributed by atoms with Gasteiger partial charge in [0.05, 0.1) is 37.3 Å². The van der Waals surface area contributed by atoms with E-state index in [2.05, 4.69) is 107 Å². The van der Waals surface area contributed by atoms with E-state index in [1.54, 1.807) is 21.1 Å². The van der Waals surface area contributed by atoms with Crippen LogP contribution in [0.3, 0.4) is 0 Å². The first-order valence-electron chi connectivity index (χ1n) is 36.5. The number of alkyl halides is 3. The van der Waals surface area contributed by atoms with Crippen LogP contribution in [0.25, 0.3) is 10.9 Å². The molecule has 3 aliphatic carbocycles. The molecular formula is C78H113F3N8O7S2. The molecule has 0 amide bonds. The number of fused-ring (bicyclic) bond motifs is 6. The smallest absolute Gasteiger partial charge is 0.421 e. The molecule has 2 saturated carbocycles. The molecule has 0 spiro atoms. The van der Waals surface area contributed by atoms with Gasteiger partial charge >= 0.3 is 6.18 Å². The number of piperidine rings is 1. The monoisotopic (exact) mass is 1390 g/mol. The zero-order chi connectivity index (χ0) is 70.5. The fraction of sp³-hybridized carbons (Fsp3) is 0.628. The molecule has 4 aromatic carbocycles. The summed E-state index contributed by atoms with van der Waals surface area (Å²) in [6.45, 7) is 24.8. The van der Waals surface area contributed by atoms with Gasteiger partial charge in [0, 0.05) is 75.4 Å². The molecule has 2 aliphatic heterocycles. The maximum absolute atomic E-state index is 12.9. The third kappa shape index (κ3) is 19.4. The van der Waals surface area contributed by atoms with Crippen LogP contribution >= 0.6 is 11.3 Å². The number of likely N-dealkylation sites (tertiary alicyclic amines) is 1. The highest BCUT2D eigenvalue weighted by Crippen LogP contribution is 2.63. The molecule has 540 valence electrons. The number of nitrogens with one attached hydrogen (secondary N) is 2. The topological polar surface area (TPSA) is 186 Å². The standard InChI is InChI=1S/C31H50O2.C30H42N6O2.C17H21F3N2O3S2/c1-22(2)12-10-8-6-4-5-7-9-11-13-23-20-24-21-25(32)14-15-26(24)27-18-19-31(3)28(30(23)27)16-17-29(31)33;1-22(2)35-13-8-14-36(18-17-35)30-32-26-20-28(38-4)27(37-3)19-25(26)29(33-30)31-24-11-15-34(16-12-24)21-23-9-6-5-7-10-23;1-10(2)21-15-22-11(3)14(26-15)27(24,25)9-12-5-7-13(8-6-12)16(4,23)17(18,19)20/h14-15,21-23,27-30,32-33H,4-13,16-20H2,1-3H3;5-7,9-10,19-20,22,24H,8,11-18,21H2,1-4H3,(H,31,32,33);5-8,10,23H,9H2,1-4H3,(H,21,22). The van der Waals surface area contributed by atoms with Gasteiger partial charge in [0.15, 0.2) is 32.1 Å². The lowest BCUT2D eigenvalue weighted by molar-refractivity contribution is -0.258. The van der Waals surface area contributed by atoms with Crippen LogP contribution in [0.4, 0.5) is 30.1 Å². The number of sulfone groups is 1. The second kappa shape index (κ2) is 34.3. The number of aliphatic hydroxyl groups is 2. The summed E-state index contributed by atoms with van der Waals surface area (Å²) >= 11 is 1.03. The number of hydrogen-bond acceptors (Lipinski definition) is 16. The van der Waals surface area contributed by atoms with Gasteiger partial charge in [-0.2, -0.15) is 18.2 Å². The Morgan fingerprint density at radius 1 is 0.765 bits per heavy atom. The van der Waals surface area contributed by atoms with Crippen LogP contribution in [0.1, 0.15) is 204 Å². The number of halogens is 3. The van der Waals surface area contributed by atoms with Crippen molar-refractivity contribution in [1.29, 1.82) is 0 Å². The molecular weight excluding hydrogens is 1280 g/mol. The molecule has 7 atom stereocenters. The van der Waals surface area contributed by atoms with E-state index in [0.29, 0.717) is 64.5 Å². The summed E-state index contributed by atoms with van der Waals surface area (Å²) in [5.74, 6) is 6.71. The molecule has 2 aromatic heterocycles. The number of phenols is 1. The summed E-state index contributed by atoms with van der Waals surface area (Å²) in [6.07, 6.45) is 17.9. The molecule has 2 saturated heterocycles. The Bertz CT molecular complexity index is 3600. The van der Waals surface area contributed by atoms with Gasteiger partial charge in [0.2, 0.25) is 5.95 Å². The number of thiazole rings is 1. The van der Waals surface area contributed by atoms with Crippen molar-refractivity contribution in [2.75, 3.05) is 69.0 Å². The third-order valence-corrected chi connectivity index (χ3v) is 25.2. The highest BCUT2D eigenvalue weighted by Gasteiger charge is 2.57. The van der Waals surface area contributed by atoms with Crippen molar-refractivity contribution in [2.45, 2.75) is 236 Å². The van der Waals surface area contributed by atoms with E-state index in [1.807, 2.05) is 32.0 Å². The summed E-state index contributed by atoms with van der Waals surface area (Å²) in [5, 5.41) is 39.0. The maximum Gasteiger partial charge on any atom is 0.421 e. The van der Waals surface area contributed by atoms with Crippen molar-refractivity contribution in [3.05, 3.63) is 118 Å².